The average Bonchev–Trinajstić information content (AvgIpc) is 2.53. The highest BCUT2D eigenvalue weighted by atomic mass is 16.5. The van der Waals surface area contributed by atoms with E-state index in [2.05, 4.69) is 22.5 Å². The summed E-state index contributed by atoms with van der Waals surface area (Å²) >= 11 is 0. The number of para-hydroxylation sites is 2. The molecule has 0 fully saturated rings. The zero-order valence-electron chi connectivity index (χ0n) is 12.4. The molecule has 4 heteroatoms. The number of rotatable bonds is 4. The molecule has 0 bridgehead atoms. The zero-order valence-corrected chi connectivity index (χ0v) is 12.4. The van der Waals surface area contributed by atoms with Crippen molar-refractivity contribution in [3.63, 3.8) is 0 Å². The maximum absolute atomic E-state index is 11.6. The highest BCUT2D eigenvalue weighted by Gasteiger charge is 1.98. The quantitative estimate of drug-likeness (QED) is 0.851. The number of hydrogen-bond acceptors (Lipinski definition) is 2. The largest absolute Gasteiger partial charge is 0.481 e. The second-order valence-corrected chi connectivity index (χ2v) is 4.58. The van der Waals surface area contributed by atoms with E-state index in [0.29, 0.717) is 6.61 Å². The van der Waals surface area contributed by atoms with Gasteiger partial charge in [0.25, 0.3) is 0 Å². The number of anilines is 1. The van der Waals surface area contributed by atoms with Crippen molar-refractivity contribution in [2.24, 2.45) is 0 Å². The molecule has 0 aliphatic rings. The summed E-state index contributed by atoms with van der Waals surface area (Å²) < 4.78 is 5.54. The summed E-state index contributed by atoms with van der Waals surface area (Å²) in [6.07, 6.45) is 0. The molecule has 0 saturated carbocycles. The number of carbonyl (C=O) groups is 1. The van der Waals surface area contributed by atoms with Gasteiger partial charge in [-0.25, -0.2) is 4.79 Å². The third-order valence-corrected chi connectivity index (χ3v) is 2.89. The number of urea groups is 1. The van der Waals surface area contributed by atoms with Crippen LogP contribution in [0, 0.1) is 18.8 Å². The van der Waals surface area contributed by atoms with Crippen LogP contribution in [-0.4, -0.2) is 19.2 Å². The van der Waals surface area contributed by atoms with Crippen LogP contribution in [-0.2, 0) is 0 Å². The minimum Gasteiger partial charge on any atom is -0.481 e. The van der Waals surface area contributed by atoms with Gasteiger partial charge in [0.2, 0.25) is 0 Å². The fourth-order valence-electron chi connectivity index (χ4n) is 1.77. The summed E-state index contributed by atoms with van der Waals surface area (Å²) in [6, 6.07) is 16.7. The van der Waals surface area contributed by atoms with E-state index in [1.807, 2.05) is 61.5 Å². The van der Waals surface area contributed by atoms with E-state index < -0.39 is 0 Å². The first-order valence-corrected chi connectivity index (χ1v) is 7.00. The Morgan fingerprint density at radius 2 is 1.77 bits per heavy atom. The Kier molecular flexibility index (Phi) is 5.89. The lowest BCUT2D eigenvalue weighted by molar-refractivity contribution is 0.253. The van der Waals surface area contributed by atoms with E-state index >= 15 is 0 Å². The number of nitrogens with one attached hydrogen (secondary N) is 2. The standard InChI is InChI=1S/C18H18N2O2/c1-15-9-5-6-12-17(15)22-14-8-7-13-19-18(21)20-16-10-3-2-4-11-16/h2-6,9-12H,13-14H2,1H3,(H2,19,20,21). The Hall–Kier alpha value is -2.93. The van der Waals surface area contributed by atoms with Crippen molar-refractivity contribution in [2.45, 2.75) is 6.92 Å². The Labute approximate surface area is 130 Å². The van der Waals surface area contributed by atoms with Gasteiger partial charge in [0.05, 0.1) is 6.54 Å². The molecule has 0 spiro atoms. The van der Waals surface area contributed by atoms with E-state index in [0.717, 1.165) is 17.0 Å². The van der Waals surface area contributed by atoms with Crippen molar-refractivity contribution in [1.82, 2.24) is 5.32 Å². The van der Waals surface area contributed by atoms with Gasteiger partial charge in [0.15, 0.2) is 0 Å². The van der Waals surface area contributed by atoms with Gasteiger partial charge in [-0.2, -0.15) is 0 Å². The van der Waals surface area contributed by atoms with Gasteiger partial charge in [0, 0.05) is 5.69 Å². The summed E-state index contributed by atoms with van der Waals surface area (Å²) in [5.74, 6) is 6.54. The van der Waals surface area contributed by atoms with E-state index in [4.69, 9.17) is 4.74 Å². The minimum absolute atomic E-state index is 0.274. The average molecular weight is 294 g/mol. The fraction of sp³-hybridized carbons (Fsp3) is 0.167. The van der Waals surface area contributed by atoms with E-state index in [1.165, 1.54) is 0 Å². The molecule has 0 aromatic heterocycles. The number of benzene rings is 2. The van der Waals surface area contributed by atoms with Gasteiger partial charge in [-0.1, -0.05) is 48.2 Å². The molecule has 2 N–H and O–H groups in total. The van der Waals surface area contributed by atoms with Gasteiger partial charge in [-0.15, -0.1) is 0 Å². The van der Waals surface area contributed by atoms with Gasteiger partial charge in [0.1, 0.15) is 12.4 Å². The number of aryl methyl sites for hydroxylation is 1. The van der Waals surface area contributed by atoms with Crippen LogP contribution in [0.2, 0.25) is 0 Å². The molecule has 4 nitrogen and oxygen atoms in total. The number of ether oxygens (including phenoxy) is 1. The summed E-state index contributed by atoms with van der Waals surface area (Å²) in [5, 5.41) is 5.38. The molecular weight excluding hydrogens is 276 g/mol. The highest BCUT2D eigenvalue weighted by Crippen LogP contribution is 2.15. The Balaban J connectivity index is 1.67. The molecule has 2 aromatic rings. The monoisotopic (exact) mass is 294 g/mol. The Bertz CT molecular complexity index is 672. The lowest BCUT2D eigenvalue weighted by atomic mass is 10.2. The van der Waals surface area contributed by atoms with Crippen molar-refractivity contribution < 1.29 is 9.53 Å². The molecule has 0 heterocycles. The van der Waals surface area contributed by atoms with Crippen molar-refractivity contribution >= 4 is 11.7 Å². The van der Waals surface area contributed by atoms with Gasteiger partial charge in [-0.3, -0.25) is 0 Å². The van der Waals surface area contributed by atoms with Crippen LogP contribution in [0.25, 0.3) is 0 Å². The smallest absolute Gasteiger partial charge is 0.319 e. The zero-order chi connectivity index (χ0) is 15.6. The third-order valence-electron chi connectivity index (χ3n) is 2.89. The van der Waals surface area contributed by atoms with Crippen molar-refractivity contribution in [3.8, 4) is 17.6 Å². The number of hydrogen-bond donors (Lipinski definition) is 2. The van der Waals surface area contributed by atoms with Crippen molar-refractivity contribution in [2.75, 3.05) is 18.5 Å². The van der Waals surface area contributed by atoms with Crippen molar-refractivity contribution in [1.29, 1.82) is 0 Å². The molecule has 0 aliphatic heterocycles. The summed E-state index contributed by atoms with van der Waals surface area (Å²) in [4.78, 5) is 11.6. The van der Waals surface area contributed by atoms with Crippen LogP contribution in [0.3, 0.4) is 0 Å². The molecule has 2 amide bonds. The summed E-state index contributed by atoms with van der Waals surface area (Å²) in [5.41, 5.74) is 1.82. The SMILES string of the molecule is Cc1ccccc1OCC#CCNC(=O)Nc1ccccc1. The molecule has 0 aliphatic carbocycles. The van der Waals surface area contributed by atoms with Gasteiger partial charge >= 0.3 is 6.03 Å². The van der Waals surface area contributed by atoms with Crippen LogP contribution in [0.5, 0.6) is 5.75 Å². The normalized spacial score (nSPS) is 9.32. The van der Waals surface area contributed by atoms with Crippen LogP contribution in [0.1, 0.15) is 5.56 Å². The molecule has 22 heavy (non-hydrogen) atoms. The molecule has 0 unspecified atom stereocenters. The molecule has 0 atom stereocenters. The summed E-state index contributed by atoms with van der Waals surface area (Å²) in [7, 11) is 0. The first-order valence-electron chi connectivity index (χ1n) is 7.00. The predicted molar refractivity (Wildman–Crippen MR) is 87.9 cm³/mol. The summed E-state index contributed by atoms with van der Waals surface area (Å²) in [6.45, 7) is 2.56. The highest BCUT2D eigenvalue weighted by molar-refractivity contribution is 5.89. The van der Waals surface area contributed by atoms with Crippen LogP contribution < -0.4 is 15.4 Å². The predicted octanol–water partition coefficient (Wildman–Crippen LogP) is 3.20. The van der Waals surface area contributed by atoms with Crippen LogP contribution >= 0.6 is 0 Å². The molecule has 0 saturated heterocycles. The number of amides is 2. The maximum atomic E-state index is 11.6. The maximum Gasteiger partial charge on any atom is 0.319 e. The van der Waals surface area contributed by atoms with Gasteiger partial charge in [-0.05, 0) is 30.7 Å². The van der Waals surface area contributed by atoms with E-state index in [1.54, 1.807) is 0 Å². The van der Waals surface area contributed by atoms with Crippen LogP contribution in [0.4, 0.5) is 10.5 Å². The first kappa shape index (κ1) is 15.5. The second kappa shape index (κ2) is 8.38. The molecule has 0 radical (unpaired) electrons. The number of carbonyl (C=O) groups excluding carboxylic acids is 1. The van der Waals surface area contributed by atoms with E-state index in [-0.39, 0.29) is 12.6 Å². The first-order chi connectivity index (χ1) is 10.8. The Morgan fingerprint density at radius 3 is 2.55 bits per heavy atom. The topological polar surface area (TPSA) is 50.4 Å². The van der Waals surface area contributed by atoms with Gasteiger partial charge < -0.3 is 15.4 Å². The second-order valence-electron chi connectivity index (χ2n) is 4.58. The van der Waals surface area contributed by atoms with Crippen LogP contribution in [0.15, 0.2) is 54.6 Å². The Morgan fingerprint density at radius 1 is 1.05 bits per heavy atom. The lowest BCUT2D eigenvalue weighted by Gasteiger charge is -2.05. The van der Waals surface area contributed by atoms with E-state index in [9.17, 15) is 4.79 Å². The minimum atomic E-state index is -0.277. The fourth-order valence-corrected chi connectivity index (χ4v) is 1.77. The molecular formula is C18H18N2O2. The third kappa shape index (κ3) is 5.22. The molecule has 2 aromatic carbocycles. The molecule has 2 rings (SSSR count). The van der Waals surface area contributed by atoms with Crippen molar-refractivity contribution in [3.05, 3.63) is 60.2 Å². The molecule has 112 valence electrons. The lowest BCUT2D eigenvalue weighted by Crippen LogP contribution is -2.28.